The number of benzene rings is 9. The van der Waals surface area contributed by atoms with Crippen molar-refractivity contribution in [3.63, 3.8) is 0 Å². The molecule has 14 rings (SSSR count). The summed E-state index contributed by atoms with van der Waals surface area (Å²) in [7, 11) is 0. The average Bonchev–Trinajstić information content (AvgIpc) is 4.37. The monoisotopic (exact) mass is 970 g/mol. The van der Waals surface area contributed by atoms with Crippen LogP contribution in [-0.2, 0) is 0 Å². The standard InChI is InChI=1S/C72H50N4/c1-9-27-47(28-10-1)61-59-45-57-55-43-25-26-44-56(55)58(73-57)46-60-62(48-29-11-2-12-30-48)64(50-33-15-4-16-34-50)70(75-60)68(54-41-23-8-24-42-54)72-66(52-37-19-6-20-38-52)65(51-35-17-5-18-36-51)71(76-72)67(53-39-21-7-22-40-53)69(74-59)63(61)49-31-13-3-14-32-49/h1-46,73-76H. The van der Waals surface area contributed by atoms with E-state index in [9.17, 15) is 0 Å². The van der Waals surface area contributed by atoms with Crippen LogP contribution >= 0.6 is 0 Å². The Morgan fingerprint density at radius 2 is 0.447 bits per heavy atom. The molecule has 0 atom stereocenters. The van der Waals surface area contributed by atoms with Crippen molar-refractivity contribution in [3.05, 3.63) is 322 Å². The van der Waals surface area contributed by atoms with Crippen molar-refractivity contribution >= 4 is 34.1 Å². The van der Waals surface area contributed by atoms with Gasteiger partial charge in [-0.25, -0.2) is 0 Å². The Labute approximate surface area is 440 Å². The summed E-state index contributed by atoms with van der Waals surface area (Å²) in [5, 5.41) is 6.25. The van der Waals surface area contributed by atoms with Crippen LogP contribution in [0.1, 0.15) is 33.9 Å². The van der Waals surface area contributed by atoms with Crippen LogP contribution in [0.15, 0.2) is 267 Å². The van der Waals surface area contributed by atoms with Crippen LogP contribution in [0.4, 0.5) is 0 Å². The number of fused-ring (bicyclic) bond motifs is 11. The second kappa shape index (κ2) is 19.0. The number of aromatic amines is 4. The van der Waals surface area contributed by atoms with Gasteiger partial charge in [0.15, 0.2) is 0 Å². The van der Waals surface area contributed by atoms with Crippen LogP contribution in [0.25, 0.3) is 101 Å². The molecule has 0 radical (unpaired) electrons. The summed E-state index contributed by atoms with van der Waals surface area (Å²) in [5.74, 6) is 0. The van der Waals surface area contributed by atoms with Crippen molar-refractivity contribution in [2.24, 2.45) is 0 Å². The minimum absolute atomic E-state index is 0.991. The number of rotatable bonds is 8. The largest absolute Gasteiger partial charge is 0.354 e. The Hall–Kier alpha value is -10.2. The molecule has 0 saturated carbocycles. The highest BCUT2D eigenvalue weighted by molar-refractivity contribution is 6.03. The zero-order chi connectivity index (χ0) is 50.4. The maximum absolute atomic E-state index is 4.39. The van der Waals surface area contributed by atoms with Gasteiger partial charge in [-0.2, -0.15) is 0 Å². The first kappa shape index (κ1) is 44.5. The molecule has 9 aromatic carbocycles. The van der Waals surface area contributed by atoms with Crippen LogP contribution < -0.4 is 21.4 Å². The van der Waals surface area contributed by atoms with Crippen LogP contribution in [0.3, 0.4) is 0 Å². The van der Waals surface area contributed by atoms with Gasteiger partial charge in [-0.1, -0.05) is 267 Å². The molecule has 0 spiro atoms. The Bertz CT molecular complexity index is 4210. The zero-order valence-corrected chi connectivity index (χ0v) is 41.6. The van der Waals surface area contributed by atoms with Crippen LogP contribution in [0, 0.1) is 0 Å². The molecule has 0 saturated heterocycles. The minimum atomic E-state index is 0.991. The molecular weight excluding hydrogens is 921 g/mol. The molecule has 358 valence electrons. The molecule has 8 bridgehead atoms. The molecule has 1 aliphatic heterocycles. The first-order chi connectivity index (χ1) is 37.7. The van der Waals surface area contributed by atoms with E-state index in [2.05, 4.69) is 299 Å². The fourth-order valence-electron chi connectivity index (χ4n) is 11.7. The van der Waals surface area contributed by atoms with Crippen LogP contribution in [0.5, 0.6) is 0 Å². The number of hydrogen-bond acceptors (Lipinski definition) is 0. The number of hydrogen-bond donors (Lipinski definition) is 4. The summed E-state index contributed by atoms with van der Waals surface area (Å²) in [4.78, 5) is 16.9. The van der Waals surface area contributed by atoms with Crippen molar-refractivity contribution < 1.29 is 0 Å². The van der Waals surface area contributed by atoms with Gasteiger partial charge in [0.25, 0.3) is 0 Å². The molecule has 4 heteroatoms. The van der Waals surface area contributed by atoms with Gasteiger partial charge in [-0.3, -0.25) is 0 Å². The summed E-state index contributed by atoms with van der Waals surface area (Å²) >= 11 is 0. The lowest BCUT2D eigenvalue weighted by molar-refractivity contribution is 1.20. The molecule has 4 nitrogen and oxygen atoms in total. The van der Waals surface area contributed by atoms with Crippen molar-refractivity contribution in [3.8, 4) is 66.8 Å². The average molecular weight is 971 g/mol. The summed E-state index contributed by atoms with van der Waals surface area (Å²) < 4.78 is 0. The lowest BCUT2D eigenvalue weighted by Crippen LogP contribution is -2.19. The summed E-state index contributed by atoms with van der Waals surface area (Å²) in [6, 6.07) is 96.1. The van der Waals surface area contributed by atoms with Gasteiger partial charge >= 0.3 is 0 Å². The van der Waals surface area contributed by atoms with Crippen molar-refractivity contribution in [1.29, 1.82) is 0 Å². The zero-order valence-electron chi connectivity index (χ0n) is 41.6. The molecule has 4 aromatic heterocycles. The van der Waals surface area contributed by atoms with E-state index < -0.39 is 0 Å². The van der Waals surface area contributed by atoms with E-state index >= 15 is 0 Å². The number of H-pyrrole nitrogens is 4. The highest BCUT2D eigenvalue weighted by Crippen LogP contribution is 2.45. The minimum Gasteiger partial charge on any atom is -0.354 e. The van der Waals surface area contributed by atoms with Gasteiger partial charge in [0, 0.05) is 77.4 Å². The van der Waals surface area contributed by atoms with E-state index in [0.29, 0.717) is 0 Å². The van der Waals surface area contributed by atoms with E-state index in [-0.39, 0.29) is 0 Å². The lowest BCUT2D eigenvalue weighted by atomic mass is 9.88. The highest BCUT2D eigenvalue weighted by atomic mass is 14.8. The second-order valence-electron chi connectivity index (χ2n) is 19.4. The number of nitrogens with one attached hydrogen (secondary N) is 4. The van der Waals surface area contributed by atoms with E-state index in [0.717, 1.165) is 144 Å². The van der Waals surface area contributed by atoms with E-state index in [4.69, 9.17) is 0 Å². The summed E-state index contributed by atoms with van der Waals surface area (Å²) in [6.07, 6.45) is 4.66. The molecular formula is C72H50N4. The normalized spacial score (nSPS) is 12.1. The molecule has 0 fully saturated rings. The Kier molecular flexibility index (Phi) is 11.2. The van der Waals surface area contributed by atoms with E-state index in [1.54, 1.807) is 0 Å². The first-order valence-electron chi connectivity index (χ1n) is 26.0. The maximum Gasteiger partial charge on any atom is 0.0572 e. The topological polar surface area (TPSA) is 63.2 Å². The maximum atomic E-state index is 4.39. The SMILES string of the molecule is C1=c2[nH]c(c3ccccc23)=Cc2[nH]c(c(-c3ccccc3)c2-c2ccccc2)C(c2ccccc2)=c2[nH]c(c(-c3ccccc3)c2-c2ccccc2)=C(c2ccccc2)c2[nH]c1c(-c1ccccc1)c2-c1ccccc1. The Morgan fingerprint density at radius 3 is 0.750 bits per heavy atom. The van der Waals surface area contributed by atoms with Crippen molar-refractivity contribution in [1.82, 2.24) is 19.9 Å². The van der Waals surface area contributed by atoms with Gasteiger partial charge < -0.3 is 19.9 Å². The van der Waals surface area contributed by atoms with Gasteiger partial charge in [0.2, 0.25) is 0 Å². The van der Waals surface area contributed by atoms with Gasteiger partial charge in [0.1, 0.15) is 0 Å². The van der Waals surface area contributed by atoms with E-state index in [1.807, 2.05) is 0 Å². The van der Waals surface area contributed by atoms with Crippen LogP contribution in [-0.4, -0.2) is 19.9 Å². The van der Waals surface area contributed by atoms with Gasteiger partial charge in [-0.05, 0) is 56.7 Å². The highest BCUT2D eigenvalue weighted by Gasteiger charge is 2.29. The predicted octanol–water partition coefficient (Wildman–Crippen LogP) is 14.6. The third-order valence-electron chi connectivity index (χ3n) is 14.9. The number of aromatic nitrogens is 4. The first-order valence-corrected chi connectivity index (χ1v) is 26.0. The summed E-state index contributed by atoms with van der Waals surface area (Å²) in [6.45, 7) is 0. The predicted molar refractivity (Wildman–Crippen MR) is 315 cm³/mol. The fourth-order valence-corrected chi connectivity index (χ4v) is 11.7. The smallest absolute Gasteiger partial charge is 0.0572 e. The molecule has 0 aliphatic carbocycles. The fraction of sp³-hybridized carbons (Fsp3) is 0. The molecule has 1 aliphatic rings. The van der Waals surface area contributed by atoms with Crippen molar-refractivity contribution in [2.45, 2.75) is 0 Å². The molecule has 0 amide bonds. The second-order valence-corrected chi connectivity index (χ2v) is 19.4. The Morgan fingerprint density at radius 1 is 0.197 bits per heavy atom. The van der Waals surface area contributed by atoms with Crippen molar-refractivity contribution in [2.75, 3.05) is 0 Å². The molecule has 0 unspecified atom stereocenters. The van der Waals surface area contributed by atoms with Gasteiger partial charge in [0.05, 0.1) is 22.1 Å². The molecule has 13 aromatic rings. The van der Waals surface area contributed by atoms with E-state index in [1.165, 1.54) is 0 Å². The van der Waals surface area contributed by atoms with Gasteiger partial charge in [-0.15, -0.1) is 0 Å². The summed E-state index contributed by atoms with van der Waals surface area (Å²) in [5.41, 5.74) is 21.5. The third kappa shape index (κ3) is 7.71. The molecule has 4 N–H and O–H groups in total. The third-order valence-corrected chi connectivity index (χ3v) is 14.9. The quantitative estimate of drug-likeness (QED) is 0.117. The lowest BCUT2D eigenvalue weighted by Gasteiger charge is -2.14. The van der Waals surface area contributed by atoms with Crippen LogP contribution in [0.2, 0.25) is 0 Å². The molecule has 76 heavy (non-hydrogen) atoms. The molecule has 5 heterocycles. The Balaban J connectivity index is 1.32.